The molecule has 2 aromatic carbocycles. The lowest BCUT2D eigenvalue weighted by atomic mass is 9.98. The van der Waals surface area contributed by atoms with Crippen molar-refractivity contribution in [1.29, 1.82) is 0 Å². The summed E-state index contributed by atoms with van der Waals surface area (Å²) in [7, 11) is 0. The van der Waals surface area contributed by atoms with Gasteiger partial charge in [0, 0.05) is 11.3 Å². The summed E-state index contributed by atoms with van der Waals surface area (Å²) in [5, 5.41) is 16.3. The van der Waals surface area contributed by atoms with Gasteiger partial charge in [0.1, 0.15) is 12.1 Å². The van der Waals surface area contributed by atoms with Crippen molar-refractivity contribution in [3.05, 3.63) is 70.7 Å². The first-order valence-corrected chi connectivity index (χ1v) is 11.4. The number of nitrogens with one attached hydrogen (secondary N) is 2. The predicted molar refractivity (Wildman–Crippen MR) is 122 cm³/mol. The van der Waals surface area contributed by atoms with Crippen LogP contribution in [0.2, 0.25) is 0 Å². The number of carbonyl (C=O) groups is 3. The van der Waals surface area contributed by atoms with Crippen LogP contribution in [0.1, 0.15) is 35.6 Å². The van der Waals surface area contributed by atoms with E-state index in [-0.39, 0.29) is 18.9 Å². The number of fused-ring (bicyclic) bond motifs is 3. The molecule has 5 rings (SSSR count). The van der Waals surface area contributed by atoms with Crippen molar-refractivity contribution in [2.75, 3.05) is 11.9 Å². The first-order chi connectivity index (χ1) is 15.9. The summed E-state index contributed by atoms with van der Waals surface area (Å²) in [5.74, 6) is -1.47. The zero-order valence-corrected chi connectivity index (χ0v) is 18.4. The molecule has 1 heterocycles. The number of aliphatic carboxylic acids is 1. The smallest absolute Gasteiger partial charge is 0.413 e. The molecule has 168 valence electrons. The Bertz CT molecular complexity index is 1200. The summed E-state index contributed by atoms with van der Waals surface area (Å²) in [6.07, 6.45) is 0.183. The standard InChI is InChI=1S/C24H21N3O5S/c28-20(27-24(9-10-24)21(29)30)11-14-13-33-22(25-14)26-23(31)32-12-19-17-7-3-1-5-15(17)16-6-2-4-8-18(16)19/h1-8,13,19H,9-12H2,(H,27,28)(H,29,30)(H,25,26,31). The number of benzene rings is 2. The molecule has 33 heavy (non-hydrogen) atoms. The highest BCUT2D eigenvalue weighted by Gasteiger charge is 2.51. The number of carbonyl (C=O) groups excluding carboxylic acids is 2. The topological polar surface area (TPSA) is 118 Å². The molecule has 1 fully saturated rings. The number of carboxylic acid groups (broad SMARTS) is 1. The van der Waals surface area contributed by atoms with E-state index in [0.717, 1.165) is 22.3 Å². The van der Waals surface area contributed by atoms with Crippen LogP contribution in [0.5, 0.6) is 0 Å². The third-order valence-corrected chi connectivity index (χ3v) is 6.79. The quantitative estimate of drug-likeness (QED) is 0.491. The van der Waals surface area contributed by atoms with Crippen molar-refractivity contribution in [1.82, 2.24) is 10.3 Å². The highest BCUT2D eigenvalue weighted by Crippen LogP contribution is 2.44. The van der Waals surface area contributed by atoms with Gasteiger partial charge in [0.2, 0.25) is 5.91 Å². The van der Waals surface area contributed by atoms with Gasteiger partial charge in [-0.2, -0.15) is 0 Å². The molecule has 3 aromatic rings. The highest BCUT2D eigenvalue weighted by molar-refractivity contribution is 7.13. The number of nitrogens with zero attached hydrogens (tertiary/aromatic N) is 1. The van der Waals surface area contributed by atoms with Crippen LogP contribution >= 0.6 is 11.3 Å². The minimum absolute atomic E-state index is 0.0392. The number of hydrogen-bond acceptors (Lipinski definition) is 6. The summed E-state index contributed by atoms with van der Waals surface area (Å²) in [4.78, 5) is 40.0. The maximum absolute atomic E-state index is 12.4. The van der Waals surface area contributed by atoms with Crippen LogP contribution < -0.4 is 10.6 Å². The third-order valence-electron chi connectivity index (χ3n) is 5.98. The van der Waals surface area contributed by atoms with Crippen LogP contribution in [0.15, 0.2) is 53.9 Å². The molecule has 1 aromatic heterocycles. The van der Waals surface area contributed by atoms with Crippen molar-refractivity contribution >= 4 is 34.4 Å². The van der Waals surface area contributed by atoms with Crippen molar-refractivity contribution < 1.29 is 24.2 Å². The Morgan fingerprint density at radius 3 is 2.30 bits per heavy atom. The average molecular weight is 464 g/mol. The van der Waals surface area contributed by atoms with Gasteiger partial charge in [-0.3, -0.25) is 10.1 Å². The Labute approximate surface area is 193 Å². The number of thiazole rings is 1. The minimum atomic E-state index is -1.13. The number of anilines is 1. The molecule has 2 amide bonds. The van der Waals surface area contributed by atoms with E-state index in [0.29, 0.717) is 23.7 Å². The number of aromatic nitrogens is 1. The van der Waals surface area contributed by atoms with E-state index < -0.39 is 23.5 Å². The molecule has 1 saturated carbocycles. The second kappa shape index (κ2) is 8.32. The van der Waals surface area contributed by atoms with E-state index in [4.69, 9.17) is 9.84 Å². The second-order valence-corrected chi connectivity index (χ2v) is 9.06. The van der Waals surface area contributed by atoms with Crippen LogP contribution in [0.4, 0.5) is 9.93 Å². The monoisotopic (exact) mass is 463 g/mol. The van der Waals surface area contributed by atoms with Crippen LogP contribution in [-0.4, -0.2) is 40.2 Å². The summed E-state index contributed by atoms with van der Waals surface area (Å²) in [6.45, 7) is 0.192. The van der Waals surface area contributed by atoms with Crippen LogP contribution in [0.25, 0.3) is 11.1 Å². The average Bonchev–Trinajstić information content (AvgIpc) is 3.34. The fourth-order valence-corrected chi connectivity index (χ4v) is 4.86. The van der Waals surface area contributed by atoms with Gasteiger partial charge in [-0.25, -0.2) is 14.6 Å². The van der Waals surface area contributed by atoms with Crippen LogP contribution in [-0.2, 0) is 20.7 Å². The van der Waals surface area contributed by atoms with E-state index in [1.807, 2.05) is 24.3 Å². The summed E-state index contributed by atoms with van der Waals surface area (Å²) < 4.78 is 5.51. The summed E-state index contributed by atoms with van der Waals surface area (Å²) in [6, 6.07) is 16.2. The van der Waals surface area contributed by atoms with Gasteiger partial charge >= 0.3 is 12.1 Å². The van der Waals surface area contributed by atoms with Gasteiger partial charge in [0.25, 0.3) is 0 Å². The van der Waals surface area contributed by atoms with Gasteiger partial charge in [-0.15, -0.1) is 11.3 Å². The Hall–Kier alpha value is -3.72. The number of carboxylic acids is 1. The van der Waals surface area contributed by atoms with E-state index in [1.165, 1.54) is 11.3 Å². The second-order valence-electron chi connectivity index (χ2n) is 8.21. The molecule has 2 aliphatic carbocycles. The molecule has 8 nitrogen and oxygen atoms in total. The van der Waals surface area contributed by atoms with Gasteiger partial charge in [0.15, 0.2) is 5.13 Å². The van der Waals surface area contributed by atoms with Gasteiger partial charge in [-0.1, -0.05) is 48.5 Å². The van der Waals surface area contributed by atoms with E-state index >= 15 is 0 Å². The normalized spacial score (nSPS) is 15.3. The number of hydrogen-bond donors (Lipinski definition) is 3. The lowest BCUT2D eigenvalue weighted by Crippen LogP contribution is -2.43. The molecular weight excluding hydrogens is 442 g/mol. The fraction of sp³-hybridized carbons (Fsp3) is 0.250. The largest absolute Gasteiger partial charge is 0.480 e. The zero-order chi connectivity index (χ0) is 23.0. The maximum atomic E-state index is 12.4. The SMILES string of the molecule is O=C(Cc1csc(NC(=O)OCC2c3ccccc3-c3ccccc32)n1)NC1(C(=O)O)CC1. The lowest BCUT2D eigenvalue weighted by molar-refractivity contribution is -0.143. The molecule has 0 aliphatic heterocycles. The summed E-state index contributed by atoms with van der Waals surface area (Å²) >= 11 is 1.18. The molecule has 0 saturated heterocycles. The Morgan fingerprint density at radius 2 is 1.70 bits per heavy atom. The molecule has 9 heteroatoms. The number of rotatable bonds is 7. The van der Waals surface area contributed by atoms with Gasteiger partial charge in [-0.05, 0) is 35.1 Å². The Morgan fingerprint density at radius 1 is 1.06 bits per heavy atom. The first kappa shape index (κ1) is 21.1. The molecule has 0 spiro atoms. The molecule has 3 N–H and O–H groups in total. The first-order valence-electron chi connectivity index (χ1n) is 10.6. The third kappa shape index (κ3) is 4.19. The predicted octanol–water partition coefficient (Wildman–Crippen LogP) is 3.78. The van der Waals surface area contributed by atoms with Crippen LogP contribution in [0, 0.1) is 0 Å². The van der Waals surface area contributed by atoms with E-state index in [9.17, 15) is 14.4 Å². The lowest BCUT2D eigenvalue weighted by Gasteiger charge is -2.14. The van der Waals surface area contributed by atoms with Crippen LogP contribution in [0.3, 0.4) is 0 Å². The molecule has 0 atom stereocenters. The number of amides is 2. The molecule has 0 radical (unpaired) electrons. The van der Waals surface area contributed by atoms with Gasteiger partial charge in [0.05, 0.1) is 12.1 Å². The Balaban J connectivity index is 1.17. The maximum Gasteiger partial charge on any atom is 0.413 e. The van der Waals surface area contributed by atoms with E-state index in [2.05, 4.69) is 39.9 Å². The minimum Gasteiger partial charge on any atom is -0.480 e. The molecule has 2 aliphatic rings. The number of ether oxygens (including phenoxy) is 1. The fourth-order valence-electron chi connectivity index (χ4n) is 4.16. The van der Waals surface area contributed by atoms with Gasteiger partial charge < -0.3 is 15.2 Å². The molecular formula is C24H21N3O5S. The van der Waals surface area contributed by atoms with Crippen molar-refractivity contribution in [2.24, 2.45) is 0 Å². The summed E-state index contributed by atoms with van der Waals surface area (Å²) in [5.41, 5.74) is 3.89. The van der Waals surface area contributed by atoms with Crippen molar-refractivity contribution in [3.63, 3.8) is 0 Å². The van der Waals surface area contributed by atoms with E-state index in [1.54, 1.807) is 5.38 Å². The molecule has 0 unspecified atom stereocenters. The van der Waals surface area contributed by atoms with Crippen molar-refractivity contribution in [2.45, 2.75) is 30.7 Å². The molecule has 0 bridgehead atoms. The highest BCUT2D eigenvalue weighted by atomic mass is 32.1. The zero-order valence-electron chi connectivity index (χ0n) is 17.5. The van der Waals surface area contributed by atoms with Crippen molar-refractivity contribution in [3.8, 4) is 11.1 Å². The Kier molecular flexibility index (Phi) is 5.33.